The van der Waals surface area contributed by atoms with Gasteiger partial charge in [0, 0.05) is 41.7 Å². The highest BCUT2D eigenvalue weighted by Gasteiger charge is 2.27. The van der Waals surface area contributed by atoms with Gasteiger partial charge in [-0.3, -0.25) is 4.79 Å². The molecule has 1 aliphatic heterocycles. The fourth-order valence-corrected chi connectivity index (χ4v) is 4.76. The summed E-state index contributed by atoms with van der Waals surface area (Å²) in [7, 11) is 0. The van der Waals surface area contributed by atoms with Crippen molar-refractivity contribution < 1.29 is 4.79 Å². The van der Waals surface area contributed by atoms with Crippen LogP contribution in [0.2, 0.25) is 0 Å². The standard InChI is InChI=1S/C21H20N4OS/c1-13(22-21-24-18-8-4-5-9-19(18)27-21)20(26)25-11-10-17-15(12-25)14-6-2-3-7-16(14)23-17/h2-9,13,23H,10-12H2,1H3,(H,22,24). The topological polar surface area (TPSA) is 61.0 Å². The molecule has 3 heterocycles. The van der Waals surface area contributed by atoms with E-state index in [4.69, 9.17) is 0 Å². The highest BCUT2D eigenvalue weighted by Crippen LogP contribution is 2.29. The van der Waals surface area contributed by atoms with Crippen LogP contribution in [0.25, 0.3) is 21.1 Å². The molecule has 2 aromatic heterocycles. The summed E-state index contributed by atoms with van der Waals surface area (Å²) >= 11 is 1.58. The summed E-state index contributed by atoms with van der Waals surface area (Å²) in [6, 6.07) is 16.0. The third kappa shape index (κ3) is 2.86. The van der Waals surface area contributed by atoms with Crippen molar-refractivity contribution in [2.45, 2.75) is 25.9 Å². The Morgan fingerprint density at radius 3 is 2.93 bits per heavy atom. The van der Waals surface area contributed by atoms with Crippen LogP contribution in [0.4, 0.5) is 5.13 Å². The summed E-state index contributed by atoms with van der Waals surface area (Å²) in [5, 5.41) is 5.30. The van der Waals surface area contributed by atoms with Crippen molar-refractivity contribution in [2.75, 3.05) is 11.9 Å². The SMILES string of the molecule is CC(Nc1nc2ccccc2s1)C(=O)N1CCc2[nH]c3ccccc3c2C1. The minimum Gasteiger partial charge on any atom is -0.358 e. The monoisotopic (exact) mass is 376 g/mol. The van der Waals surface area contributed by atoms with Crippen molar-refractivity contribution in [3.05, 3.63) is 59.8 Å². The van der Waals surface area contributed by atoms with Crippen molar-refractivity contribution >= 4 is 43.5 Å². The lowest BCUT2D eigenvalue weighted by molar-refractivity contribution is -0.132. The van der Waals surface area contributed by atoms with Crippen LogP contribution in [-0.2, 0) is 17.8 Å². The first-order chi connectivity index (χ1) is 13.2. The van der Waals surface area contributed by atoms with E-state index in [1.165, 1.54) is 16.6 Å². The van der Waals surface area contributed by atoms with Crippen molar-refractivity contribution in [2.24, 2.45) is 0 Å². The fourth-order valence-electron chi connectivity index (χ4n) is 3.81. The number of carbonyl (C=O) groups is 1. The van der Waals surface area contributed by atoms with Crippen LogP contribution >= 0.6 is 11.3 Å². The number of rotatable bonds is 3. The molecule has 0 aliphatic carbocycles. The Morgan fingerprint density at radius 1 is 1.22 bits per heavy atom. The van der Waals surface area contributed by atoms with Crippen molar-refractivity contribution in [3.63, 3.8) is 0 Å². The molecule has 0 fully saturated rings. The third-order valence-corrected chi connectivity index (χ3v) is 6.17. The molecule has 5 rings (SSSR count). The number of hydrogen-bond acceptors (Lipinski definition) is 4. The first kappa shape index (κ1) is 16.3. The zero-order valence-electron chi connectivity index (χ0n) is 15.0. The molecule has 2 N–H and O–H groups in total. The Kier molecular flexibility index (Phi) is 3.86. The normalized spacial score (nSPS) is 15.1. The van der Waals surface area contributed by atoms with Gasteiger partial charge >= 0.3 is 0 Å². The Balaban J connectivity index is 1.34. The number of benzene rings is 2. The summed E-state index contributed by atoms with van der Waals surface area (Å²) in [5.74, 6) is 0.116. The number of amides is 1. The minimum absolute atomic E-state index is 0.116. The Hall–Kier alpha value is -2.86. The smallest absolute Gasteiger partial charge is 0.245 e. The van der Waals surface area contributed by atoms with Crippen LogP contribution in [0, 0.1) is 0 Å². The van der Waals surface area contributed by atoms with Gasteiger partial charge in [-0.1, -0.05) is 41.7 Å². The Morgan fingerprint density at radius 2 is 2.04 bits per heavy atom. The lowest BCUT2D eigenvalue weighted by Crippen LogP contribution is -2.43. The molecular formula is C21H20N4OS. The van der Waals surface area contributed by atoms with Crippen LogP contribution in [0.1, 0.15) is 18.2 Å². The summed E-state index contributed by atoms with van der Waals surface area (Å²) in [6.45, 7) is 3.31. The van der Waals surface area contributed by atoms with Gasteiger partial charge in [-0.25, -0.2) is 4.98 Å². The predicted octanol–water partition coefficient (Wildman–Crippen LogP) is 4.16. The first-order valence-electron chi connectivity index (χ1n) is 9.18. The number of aromatic amines is 1. The first-order valence-corrected chi connectivity index (χ1v) is 10.00. The predicted molar refractivity (Wildman–Crippen MR) is 110 cm³/mol. The molecule has 0 spiro atoms. The molecule has 5 nitrogen and oxygen atoms in total. The van der Waals surface area contributed by atoms with Gasteiger partial charge < -0.3 is 15.2 Å². The van der Waals surface area contributed by atoms with Crippen LogP contribution in [-0.4, -0.2) is 33.4 Å². The summed E-state index contributed by atoms with van der Waals surface area (Å²) in [6.07, 6.45) is 0.865. The van der Waals surface area contributed by atoms with Crippen LogP contribution < -0.4 is 5.32 Å². The van der Waals surface area contributed by atoms with Crippen molar-refractivity contribution in [1.29, 1.82) is 0 Å². The van der Waals surface area contributed by atoms with E-state index in [0.29, 0.717) is 6.54 Å². The molecule has 1 aliphatic rings. The zero-order valence-corrected chi connectivity index (χ0v) is 15.8. The van der Waals surface area contributed by atoms with Crippen molar-refractivity contribution in [1.82, 2.24) is 14.9 Å². The molecule has 2 aromatic carbocycles. The van der Waals surface area contributed by atoms with Crippen LogP contribution in [0.15, 0.2) is 48.5 Å². The number of para-hydroxylation sites is 2. The molecule has 0 saturated heterocycles. The van der Waals surface area contributed by atoms with Gasteiger partial charge in [0.15, 0.2) is 5.13 Å². The molecule has 0 radical (unpaired) electrons. The summed E-state index contributed by atoms with van der Waals surface area (Å²) in [5.41, 5.74) is 4.62. The molecule has 1 atom stereocenters. The molecule has 0 saturated carbocycles. The highest BCUT2D eigenvalue weighted by atomic mass is 32.1. The molecular weight excluding hydrogens is 356 g/mol. The number of thiazole rings is 1. The maximum Gasteiger partial charge on any atom is 0.245 e. The quantitative estimate of drug-likeness (QED) is 0.564. The van der Waals surface area contributed by atoms with E-state index in [1.54, 1.807) is 11.3 Å². The number of fused-ring (bicyclic) bond motifs is 4. The van der Waals surface area contributed by atoms with Gasteiger partial charge in [0.1, 0.15) is 6.04 Å². The van der Waals surface area contributed by atoms with Gasteiger partial charge in [-0.15, -0.1) is 0 Å². The lowest BCUT2D eigenvalue weighted by Gasteiger charge is -2.29. The second-order valence-corrected chi connectivity index (χ2v) is 8.02. The molecule has 1 unspecified atom stereocenters. The average molecular weight is 376 g/mol. The van der Waals surface area contributed by atoms with Gasteiger partial charge in [0.25, 0.3) is 0 Å². The minimum atomic E-state index is -0.308. The number of nitrogens with zero attached hydrogens (tertiary/aromatic N) is 2. The van der Waals surface area contributed by atoms with E-state index in [0.717, 1.165) is 33.8 Å². The Bertz CT molecular complexity index is 1110. The van der Waals surface area contributed by atoms with Gasteiger partial charge in [0.05, 0.1) is 10.2 Å². The number of hydrogen-bond donors (Lipinski definition) is 2. The number of nitrogens with one attached hydrogen (secondary N) is 2. The van der Waals surface area contributed by atoms with Crippen LogP contribution in [0.3, 0.4) is 0 Å². The molecule has 6 heteroatoms. The van der Waals surface area contributed by atoms with Crippen LogP contribution in [0.5, 0.6) is 0 Å². The largest absolute Gasteiger partial charge is 0.358 e. The second-order valence-electron chi connectivity index (χ2n) is 6.99. The van der Waals surface area contributed by atoms with E-state index >= 15 is 0 Å². The zero-order chi connectivity index (χ0) is 18.4. The van der Waals surface area contributed by atoms with E-state index in [-0.39, 0.29) is 11.9 Å². The number of H-pyrrole nitrogens is 1. The van der Waals surface area contributed by atoms with Gasteiger partial charge in [-0.05, 0) is 25.1 Å². The lowest BCUT2D eigenvalue weighted by atomic mass is 10.0. The van der Waals surface area contributed by atoms with Gasteiger partial charge in [-0.2, -0.15) is 0 Å². The molecule has 0 bridgehead atoms. The Labute approximate surface area is 161 Å². The van der Waals surface area contributed by atoms with Crippen molar-refractivity contribution in [3.8, 4) is 0 Å². The third-order valence-electron chi connectivity index (χ3n) is 5.20. The second kappa shape index (κ2) is 6.39. The number of anilines is 1. The summed E-state index contributed by atoms with van der Waals surface area (Å²) in [4.78, 5) is 23.0. The molecule has 4 aromatic rings. The maximum atomic E-state index is 13.0. The molecule has 27 heavy (non-hydrogen) atoms. The van der Waals surface area contributed by atoms with E-state index < -0.39 is 0 Å². The van der Waals surface area contributed by atoms with Gasteiger partial charge in [0.2, 0.25) is 5.91 Å². The number of carbonyl (C=O) groups excluding carboxylic acids is 1. The fraction of sp³-hybridized carbons (Fsp3) is 0.238. The molecule has 1 amide bonds. The summed E-state index contributed by atoms with van der Waals surface area (Å²) < 4.78 is 1.13. The van der Waals surface area contributed by atoms with E-state index in [2.05, 4.69) is 33.5 Å². The molecule has 136 valence electrons. The maximum absolute atomic E-state index is 13.0. The van der Waals surface area contributed by atoms with E-state index in [1.807, 2.05) is 42.2 Å². The number of aromatic nitrogens is 2. The highest BCUT2D eigenvalue weighted by molar-refractivity contribution is 7.22. The average Bonchev–Trinajstić information content (AvgIpc) is 3.27. The van der Waals surface area contributed by atoms with E-state index in [9.17, 15) is 4.79 Å².